The van der Waals surface area contributed by atoms with Crippen LogP contribution in [0.15, 0.2) is 165 Å². The van der Waals surface area contributed by atoms with E-state index in [1.165, 1.54) is 27.5 Å². The first-order chi connectivity index (χ1) is 33.9. The molecule has 0 aliphatic heterocycles. The molecule has 0 fully saturated rings. The van der Waals surface area contributed by atoms with E-state index < -0.39 is 0 Å². The predicted molar refractivity (Wildman–Crippen MR) is 274 cm³/mol. The van der Waals surface area contributed by atoms with Gasteiger partial charge < -0.3 is 47.7 Å². The summed E-state index contributed by atoms with van der Waals surface area (Å²) >= 11 is 3.53. The van der Waals surface area contributed by atoms with Crippen LogP contribution >= 0.6 is 15.9 Å². The summed E-state index contributed by atoms with van der Waals surface area (Å²) < 4.78 is 26.0. The van der Waals surface area contributed by atoms with Crippen molar-refractivity contribution in [1.82, 2.24) is 13.7 Å². The molecule has 6 aromatic carbocycles. The van der Waals surface area contributed by atoms with Crippen LogP contribution in [-0.4, -0.2) is 55.7 Å². The average molecular weight is 1570 g/mol. The summed E-state index contributed by atoms with van der Waals surface area (Å²) in [5, 5.41) is 44.3. The monoisotopic (exact) mass is 1570 g/mol. The molecule has 0 aliphatic rings. The molecular formula is C54H40BBrEr3N7O8Zn. The van der Waals surface area contributed by atoms with Gasteiger partial charge in [0, 0.05) is 193 Å². The number of pyridine rings is 3. The Bertz CT molecular complexity index is 3670. The van der Waals surface area contributed by atoms with Gasteiger partial charge in [0.15, 0.2) is 0 Å². The van der Waals surface area contributed by atoms with Crippen LogP contribution in [0.5, 0.6) is 28.7 Å². The molecule has 0 saturated heterocycles. The molecule has 0 saturated carbocycles. The number of methoxy groups -OCH3 is 4. The maximum Gasteiger partial charge on any atom is 2.00 e. The Hall–Kier alpha value is -5.18. The molecule has 3 radical (unpaired) electrons. The van der Waals surface area contributed by atoms with Crippen LogP contribution < -0.4 is 35.6 Å². The topological polar surface area (TPSA) is 218 Å². The summed E-state index contributed by atoms with van der Waals surface area (Å²) in [5.41, 5.74) is 3.47. The molecular weight excluding hydrogens is 1530 g/mol. The third kappa shape index (κ3) is 16.7. The quantitative estimate of drug-likeness (QED) is 0.117. The van der Waals surface area contributed by atoms with Gasteiger partial charge in [0.1, 0.15) is 40.9 Å². The molecule has 15 nitrogen and oxygen atoms in total. The number of aryl methyl sites for hydroxylation is 1. The first-order valence-electron chi connectivity index (χ1n) is 20.5. The number of aromatic nitrogens is 3. The molecule has 0 aliphatic carbocycles. The van der Waals surface area contributed by atoms with Crippen molar-refractivity contribution in [1.29, 1.82) is 21.0 Å². The minimum Gasteiger partial charge on any atom is -0.512 e. The third-order valence-electron chi connectivity index (χ3n) is 10.6. The molecule has 9 rings (SSSR count). The Morgan fingerprint density at radius 2 is 0.773 bits per heavy atom. The third-order valence-corrected chi connectivity index (χ3v) is 11.3. The number of ether oxygens (including phenoxy) is 4. The van der Waals surface area contributed by atoms with Crippen LogP contribution in [0.4, 0.5) is 0 Å². The second kappa shape index (κ2) is 33.8. The van der Waals surface area contributed by atoms with E-state index in [4.69, 9.17) is 42.6 Å². The van der Waals surface area contributed by atoms with Crippen LogP contribution in [0.3, 0.4) is 0 Å². The van der Waals surface area contributed by atoms with E-state index in [-0.39, 0.29) is 162 Å². The van der Waals surface area contributed by atoms with Crippen molar-refractivity contribution in [2.24, 2.45) is 0 Å². The summed E-state index contributed by atoms with van der Waals surface area (Å²) in [6, 6.07) is 40.9. The fourth-order valence-corrected chi connectivity index (χ4v) is 7.69. The molecule has 0 unspecified atom stereocenters. The first kappa shape index (κ1) is 69.8. The first-order valence-corrected chi connectivity index (χ1v) is 21.3. The summed E-state index contributed by atoms with van der Waals surface area (Å²) in [7, 11) is 6.35. The van der Waals surface area contributed by atoms with E-state index in [1.807, 2.05) is 49.4 Å². The van der Waals surface area contributed by atoms with E-state index in [0.717, 1.165) is 32.6 Å². The number of aromatic hydroxyl groups is 1. The number of phenolic OH excluding ortho intramolecular Hbond substituents is 1. The maximum absolute atomic E-state index is 12.7. The molecule has 9 aromatic rings. The number of phenols is 1. The molecule has 0 atom stereocenters. The molecule has 3 heterocycles. The average Bonchev–Trinajstić information content (AvgIpc) is 3.41. The zero-order chi connectivity index (χ0) is 51.1. The van der Waals surface area contributed by atoms with Gasteiger partial charge in [-0.2, -0.15) is 10.5 Å². The molecule has 0 amide bonds. The molecule has 0 spiro atoms. The fraction of sp³-hybridized carbons (Fsp3) is 0.0926. The number of hydrogen-bond donors (Lipinski definition) is 1. The number of rotatable bonds is 7. The standard InChI is InChI=1S/C18H14N2O3.C17H14BrNO3.C17H12N2O2.2CN.B.3Er.Zn/c1-22-14-5-3-13(4-6-14)20-11-12(10-19)17-9-15(23-2)7-8-16(17)18(20)21;1-21-12-5-3-11(4-6-12)19-10-16(18)15-9-13(22-2)7-8-14(15)17(19)20;1-11-2-7-15-16(8-11)12(9-18)10-19(17(15)21)13-3-5-14(20)6-4-13;2*1-2;;;;;/h3-9,11H,1-2H3;3-10H,1-2H3;2-8,10,20H,1H3;;;;;;;/q;;;2*-1;;;;;+2. The largest absolute Gasteiger partial charge is 2.00 e. The van der Waals surface area contributed by atoms with Gasteiger partial charge in [-0.1, -0.05) is 11.6 Å². The van der Waals surface area contributed by atoms with Gasteiger partial charge in [-0.3, -0.25) is 28.1 Å². The van der Waals surface area contributed by atoms with Crippen LogP contribution in [0.2, 0.25) is 0 Å². The van der Waals surface area contributed by atoms with Crippen molar-refractivity contribution in [2.45, 2.75) is 6.92 Å². The fourth-order valence-electron chi connectivity index (χ4n) is 7.16. The van der Waals surface area contributed by atoms with Gasteiger partial charge in [-0.25, -0.2) is 0 Å². The van der Waals surface area contributed by atoms with E-state index in [9.17, 15) is 30.0 Å². The van der Waals surface area contributed by atoms with Crippen molar-refractivity contribution in [3.05, 3.63) is 211 Å². The number of nitrogens with zero attached hydrogens (tertiary/aromatic N) is 7. The Balaban J connectivity index is 0.00000103. The van der Waals surface area contributed by atoms with Crippen molar-refractivity contribution in [3.63, 3.8) is 0 Å². The molecule has 3 aromatic heterocycles. The van der Waals surface area contributed by atoms with Gasteiger partial charge >= 0.3 is 19.5 Å². The van der Waals surface area contributed by atoms with Gasteiger partial charge in [-0.15, -0.1) is 0 Å². The van der Waals surface area contributed by atoms with Crippen LogP contribution in [0.25, 0.3) is 49.4 Å². The number of fused-ring (bicyclic) bond motifs is 3. The van der Waals surface area contributed by atoms with Crippen molar-refractivity contribution >= 4 is 56.7 Å². The van der Waals surface area contributed by atoms with E-state index in [0.29, 0.717) is 60.9 Å². The molecule has 1 N–H and O–H groups in total. The minimum absolute atomic E-state index is 0. The Labute approximate surface area is 544 Å². The van der Waals surface area contributed by atoms with Crippen LogP contribution in [0, 0.1) is 165 Å². The molecule has 387 valence electrons. The van der Waals surface area contributed by atoms with Gasteiger partial charge in [0.05, 0.1) is 39.6 Å². The summed E-state index contributed by atoms with van der Waals surface area (Å²) in [6.45, 7) is 11.4. The van der Waals surface area contributed by atoms with Gasteiger partial charge in [0.25, 0.3) is 16.7 Å². The van der Waals surface area contributed by atoms with Crippen molar-refractivity contribution in [3.8, 4) is 57.9 Å². The SMILES string of the molecule is COc1ccc(-n2cc(Br)c3cc(OC)ccc3c2=O)cc1.COc1ccc(-n2cc(C#N)c3cc(OC)ccc3c2=O)cc1.Cc1ccc2c(=O)n(-c3ccc(O)cc3)cc(C#N)c2c1.[B].[C-]#N.[C-]#N.[Er].[Er].[Er].[Zn+2]. The maximum atomic E-state index is 12.7. The smallest absolute Gasteiger partial charge is 0.512 e. The summed E-state index contributed by atoms with van der Waals surface area (Å²) in [4.78, 5) is 38.0. The Kier molecular flexibility index (Phi) is 31.4. The van der Waals surface area contributed by atoms with Gasteiger partial charge in [0.2, 0.25) is 0 Å². The zero-order valence-corrected chi connectivity index (χ0v) is 50.4. The van der Waals surface area contributed by atoms with E-state index >= 15 is 0 Å². The molecule has 75 heavy (non-hydrogen) atoms. The van der Waals surface area contributed by atoms with Crippen LogP contribution in [0.1, 0.15) is 16.7 Å². The van der Waals surface area contributed by atoms with E-state index in [2.05, 4.69) is 28.1 Å². The summed E-state index contributed by atoms with van der Waals surface area (Å²) in [5.74, 6) is 2.91. The van der Waals surface area contributed by atoms with E-state index in [1.54, 1.807) is 118 Å². The summed E-state index contributed by atoms with van der Waals surface area (Å²) in [6.07, 6.45) is 4.86. The Morgan fingerprint density at radius 3 is 1.15 bits per heavy atom. The molecule has 0 bridgehead atoms. The second-order valence-electron chi connectivity index (χ2n) is 14.6. The second-order valence-corrected chi connectivity index (χ2v) is 15.5. The molecule has 21 heteroatoms. The van der Waals surface area contributed by atoms with Crippen molar-refractivity contribution in [2.75, 3.05) is 28.4 Å². The number of nitriles is 2. The number of hydrogen-bond acceptors (Lipinski definition) is 12. The number of halogens is 1. The normalized spacial score (nSPS) is 9.28. The van der Waals surface area contributed by atoms with Gasteiger partial charge in [-0.05, 0) is 144 Å². The van der Waals surface area contributed by atoms with Crippen LogP contribution in [-0.2, 0) is 19.5 Å². The predicted octanol–water partition coefficient (Wildman–Crippen LogP) is 9.34. The minimum atomic E-state index is -0.188. The Morgan fingerprint density at radius 1 is 0.467 bits per heavy atom. The van der Waals surface area contributed by atoms with Crippen molar-refractivity contribution < 1.29 is 155 Å². The number of benzene rings is 6. The zero-order valence-electron chi connectivity index (χ0n) is 40.3.